The van der Waals surface area contributed by atoms with Crippen molar-refractivity contribution in [1.29, 1.82) is 5.26 Å². The molecule has 0 radical (unpaired) electrons. The number of aryl methyl sites for hydroxylation is 1. The Kier molecular flexibility index (Phi) is 6.00. The van der Waals surface area contributed by atoms with Crippen LogP contribution in [-0.2, 0) is 11.3 Å². The average molecular weight is 433 g/mol. The lowest BCUT2D eigenvalue weighted by Gasteiger charge is -2.19. The van der Waals surface area contributed by atoms with Crippen molar-refractivity contribution in [3.8, 4) is 6.07 Å². The fourth-order valence-corrected chi connectivity index (χ4v) is 4.27. The summed E-state index contributed by atoms with van der Waals surface area (Å²) in [7, 11) is 0. The second-order valence-corrected chi connectivity index (χ2v) is 7.80. The molecule has 156 valence electrons. The van der Waals surface area contributed by atoms with E-state index in [0.717, 1.165) is 6.42 Å². The Hall–Kier alpha value is -3.64. The third-order valence-corrected chi connectivity index (χ3v) is 5.76. The molecule has 31 heavy (non-hydrogen) atoms. The Morgan fingerprint density at radius 2 is 1.87 bits per heavy atom. The quantitative estimate of drug-likeness (QED) is 0.329. The highest BCUT2D eigenvalue weighted by atomic mass is 32.2. The Balaban J connectivity index is 1.70. The van der Waals surface area contributed by atoms with Crippen LogP contribution in [0.4, 0.5) is 5.69 Å². The molecule has 0 atom stereocenters. The molecule has 9 heteroatoms. The fourth-order valence-electron chi connectivity index (χ4n) is 3.46. The zero-order chi connectivity index (χ0) is 21.8. The van der Waals surface area contributed by atoms with E-state index >= 15 is 0 Å². The van der Waals surface area contributed by atoms with Gasteiger partial charge in [-0.05, 0) is 30.7 Å². The molecule has 0 aliphatic heterocycles. The van der Waals surface area contributed by atoms with Crippen molar-refractivity contribution in [3.05, 3.63) is 65.0 Å². The number of nitriles is 1. The number of thioether (sulfide) groups is 1. The molecule has 0 fully saturated rings. The highest BCUT2D eigenvalue weighted by Crippen LogP contribution is 2.23. The molecule has 4 aromatic rings. The van der Waals surface area contributed by atoms with Gasteiger partial charge < -0.3 is 0 Å². The summed E-state index contributed by atoms with van der Waals surface area (Å²) in [5.74, 6) is 0.330. The first-order chi connectivity index (χ1) is 15.2. The number of carbonyl (C=O) groups is 1. The number of para-hydroxylation sites is 2. The van der Waals surface area contributed by atoms with E-state index < -0.39 is 0 Å². The number of amides is 1. The molecule has 0 N–H and O–H groups in total. The van der Waals surface area contributed by atoms with E-state index in [4.69, 9.17) is 5.26 Å². The number of fused-ring (bicyclic) bond motifs is 3. The summed E-state index contributed by atoms with van der Waals surface area (Å²) < 4.78 is 3.44. The van der Waals surface area contributed by atoms with Crippen molar-refractivity contribution >= 4 is 40.0 Å². The molecule has 2 aromatic heterocycles. The number of nitrogens with zero attached hydrogens (tertiary/aromatic N) is 6. The topological polar surface area (TPSA) is 96.3 Å². The first-order valence-electron chi connectivity index (χ1n) is 9.87. The molecule has 2 aromatic carbocycles. The van der Waals surface area contributed by atoms with E-state index in [9.17, 15) is 9.59 Å². The molecule has 0 aliphatic carbocycles. The predicted octanol–water partition coefficient (Wildman–Crippen LogP) is 3.10. The zero-order valence-corrected chi connectivity index (χ0v) is 17.7. The highest BCUT2D eigenvalue weighted by molar-refractivity contribution is 7.99. The molecule has 0 spiro atoms. The van der Waals surface area contributed by atoms with Crippen LogP contribution in [0.25, 0.3) is 16.7 Å². The van der Waals surface area contributed by atoms with E-state index in [1.807, 2.05) is 53.8 Å². The minimum absolute atomic E-state index is 0.0387. The molecule has 0 aliphatic rings. The van der Waals surface area contributed by atoms with Gasteiger partial charge in [0.05, 0.1) is 22.7 Å². The molecule has 4 rings (SSSR count). The molecular formula is C22H20N6O2S. The Bertz CT molecular complexity index is 1340. The minimum Gasteiger partial charge on any atom is -0.298 e. The van der Waals surface area contributed by atoms with Crippen molar-refractivity contribution in [2.75, 3.05) is 17.2 Å². The minimum atomic E-state index is -0.208. The number of aromatic nitrogens is 4. The summed E-state index contributed by atoms with van der Waals surface area (Å²) in [4.78, 5) is 27.2. The van der Waals surface area contributed by atoms with E-state index in [-0.39, 0.29) is 23.8 Å². The SMILES string of the molecule is CCCn1c(=O)c2ccccc2n2c(SCC(=O)N(CC#N)c3ccccc3)nnc12. The van der Waals surface area contributed by atoms with Crippen LogP contribution in [0.15, 0.2) is 64.5 Å². The zero-order valence-electron chi connectivity index (χ0n) is 16.9. The number of rotatable bonds is 7. The summed E-state index contributed by atoms with van der Waals surface area (Å²) in [5.41, 5.74) is 1.27. The Morgan fingerprint density at radius 3 is 2.61 bits per heavy atom. The smallest absolute Gasteiger partial charge is 0.262 e. The summed E-state index contributed by atoms with van der Waals surface area (Å²) in [5, 5.41) is 18.8. The second-order valence-electron chi connectivity index (χ2n) is 6.85. The van der Waals surface area contributed by atoms with Gasteiger partial charge in [-0.15, -0.1) is 10.2 Å². The highest BCUT2D eigenvalue weighted by Gasteiger charge is 2.20. The largest absolute Gasteiger partial charge is 0.298 e. The van der Waals surface area contributed by atoms with E-state index in [0.29, 0.717) is 34.1 Å². The fraction of sp³-hybridized carbons (Fsp3) is 0.227. The van der Waals surface area contributed by atoms with Gasteiger partial charge in [0.25, 0.3) is 5.56 Å². The summed E-state index contributed by atoms with van der Waals surface area (Å²) in [6, 6.07) is 18.5. The van der Waals surface area contributed by atoms with Crippen molar-refractivity contribution in [1.82, 2.24) is 19.2 Å². The lowest BCUT2D eigenvalue weighted by Crippen LogP contribution is -2.32. The van der Waals surface area contributed by atoms with Crippen LogP contribution in [0.1, 0.15) is 13.3 Å². The van der Waals surface area contributed by atoms with Gasteiger partial charge >= 0.3 is 0 Å². The van der Waals surface area contributed by atoms with E-state index in [1.165, 1.54) is 16.7 Å². The lowest BCUT2D eigenvalue weighted by molar-refractivity contribution is -0.116. The van der Waals surface area contributed by atoms with Crippen LogP contribution in [0, 0.1) is 11.3 Å². The number of anilines is 1. The van der Waals surface area contributed by atoms with Gasteiger partial charge in [-0.25, -0.2) is 0 Å². The maximum atomic E-state index is 12.9. The van der Waals surface area contributed by atoms with Crippen LogP contribution in [0.3, 0.4) is 0 Å². The lowest BCUT2D eigenvalue weighted by atomic mass is 10.2. The number of carbonyl (C=O) groups excluding carboxylic acids is 1. The van der Waals surface area contributed by atoms with Crippen molar-refractivity contribution in [3.63, 3.8) is 0 Å². The maximum absolute atomic E-state index is 12.9. The summed E-state index contributed by atoms with van der Waals surface area (Å²) in [6.45, 7) is 2.48. The number of hydrogen-bond acceptors (Lipinski definition) is 6. The van der Waals surface area contributed by atoms with E-state index in [2.05, 4.69) is 10.2 Å². The molecule has 8 nitrogen and oxygen atoms in total. The molecule has 0 unspecified atom stereocenters. The van der Waals surface area contributed by atoms with Crippen molar-refractivity contribution in [2.24, 2.45) is 0 Å². The molecule has 0 saturated carbocycles. The normalized spacial score (nSPS) is 11.0. The van der Waals surface area contributed by atoms with Crippen LogP contribution in [0.5, 0.6) is 0 Å². The molecule has 0 saturated heterocycles. The average Bonchev–Trinajstić information content (AvgIpc) is 3.23. The van der Waals surface area contributed by atoms with Crippen molar-refractivity contribution < 1.29 is 4.79 Å². The molecule has 0 bridgehead atoms. The standard InChI is InChI=1S/C22H20N6O2S/c1-2-13-27-20(30)17-10-6-7-11-18(17)28-21(27)24-25-22(28)31-15-19(29)26(14-12-23)16-8-4-3-5-9-16/h3-11H,2,13-15H2,1H3. The maximum Gasteiger partial charge on any atom is 0.262 e. The van der Waals surface area contributed by atoms with Gasteiger partial charge in [-0.3, -0.25) is 23.5 Å². The molecule has 2 heterocycles. The van der Waals surface area contributed by atoms with Crippen LogP contribution in [-0.4, -0.2) is 37.4 Å². The second kappa shape index (κ2) is 9.02. The first kappa shape index (κ1) is 20.6. The van der Waals surface area contributed by atoms with Gasteiger partial charge in [0.2, 0.25) is 11.7 Å². The summed E-state index contributed by atoms with van der Waals surface area (Å²) >= 11 is 1.23. The summed E-state index contributed by atoms with van der Waals surface area (Å²) in [6.07, 6.45) is 0.780. The monoisotopic (exact) mass is 432 g/mol. The Morgan fingerprint density at radius 1 is 1.13 bits per heavy atom. The van der Waals surface area contributed by atoms with Gasteiger partial charge in [-0.2, -0.15) is 5.26 Å². The van der Waals surface area contributed by atoms with Gasteiger partial charge in [-0.1, -0.05) is 49.0 Å². The first-order valence-corrected chi connectivity index (χ1v) is 10.9. The van der Waals surface area contributed by atoms with Crippen molar-refractivity contribution in [2.45, 2.75) is 25.0 Å². The third-order valence-electron chi connectivity index (χ3n) is 4.85. The number of hydrogen-bond donors (Lipinski definition) is 0. The van der Waals surface area contributed by atoms with Gasteiger partial charge in [0.1, 0.15) is 6.54 Å². The van der Waals surface area contributed by atoms with Crippen LogP contribution >= 0.6 is 11.8 Å². The predicted molar refractivity (Wildman–Crippen MR) is 120 cm³/mol. The van der Waals surface area contributed by atoms with Crippen LogP contribution < -0.4 is 10.5 Å². The third kappa shape index (κ3) is 3.90. The van der Waals surface area contributed by atoms with Crippen LogP contribution in [0.2, 0.25) is 0 Å². The van der Waals surface area contributed by atoms with Gasteiger partial charge in [0, 0.05) is 12.2 Å². The van der Waals surface area contributed by atoms with Gasteiger partial charge in [0.15, 0.2) is 5.16 Å². The Labute approximate surface area is 182 Å². The molecule has 1 amide bonds. The molecular weight excluding hydrogens is 412 g/mol. The van der Waals surface area contributed by atoms with E-state index in [1.54, 1.807) is 22.8 Å². The number of benzene rings is 2.